The van der Waals surface area contributed by atoms with Crippen LogP contribution in [0.15, 0.2) is 36.9 Å². The zero-order valence-corrected chi connectivity index (χ0v) is 18.3. The number of ether oxygens (including phenoxy) is 1. The molecule has 2 N–H and O–H groups in total. The number of halogens is 1. The summed E-state index contributed by atoms with van der Waals surface area (Å²) >= 11 is 0. The van der Waals surface area contributed by atoms with Gasteiger partial charge >= 0.3 is 5.97 Å². The van der Waals surface area contributed by atoms with E-state index in [1.165, 1.54) is 31.9 Å². The number of rotatable bonds is 7. The van der Waals surface area contributed by atoms with Crippen molar-refractivity contribution in [2.24, 2.45) is 5.92 Å². The molecule has 1 saturated heterocycles. The molecule has 0 bridgehead atoms. The van der Waals surface area contributed by atoms with Crippen LogP contribution in [0.1, 0.15) is 46.4 Å². The maximum absolute atomic E-state index is 14.2. The number of carbonyl (C=O) groups excluding carboxylic acids is 3. The summed E-state index contributed by atoms with van der Waals surface area (Å²) in [5.74, 6) is -1.61. The minimum absolute atomic E-state index is 0.0537. The number of carbonyl (C=O) groups is 3. The number of nitrogens with zero attached hydrogens (tertiary/aromatic N) is 3. The molecule has 2 aliphatic rings. The monoisotopic (exact) mass is 455 g/mol. The summed E-state index contributed by atoms with van der Waals surface area (Å²) in [5.41, 5.74) is -0.0894. The van der Waals surface area contributed by atoms with E-state index in [0.29, 0.717) is 43.7 Å². The molecule has 10 heteroatoms. The highest BCUT2D eigenvalue weighted by Crippen LogP contribution is 2.36. The van der Waals surface area contributed by atoms with Crippen LogP contribution in [0.5, 0.6) is 0 Å². The van der Waals surface area contributed by atoms with Crippen molar-refractivity contribution in [3.8, 4) is 0 Å². The summed E-state index contributed by atoms with van der Waals surface area (Å²) in [6.07, 6.45) is 6.89. The third kappa shape index (κ3) is 4.94. The molecule has 2 fully saturated rings. The van der Waals surface area contributed by atoms with Crippen molar-refractivity contribution >= 4 is 23.5 Å². The lowest BCUT2D eigenvalue weighted by molar-refractivity contribution is -0.124. The topological polar surface area (TPSA) is 114 Å². The van der Waals surface area contributed by atoms with Gasteiger partial charge in [-0.25, -0.2) is 19.2 Å². The molecule has 0 atom stereocenters. The van der Waals surface area contributed by atoms with E-state index in [1.54, 1.807) is 12.1 Å². The Bertz CT molecular complexity index is 1040. The summed E-state index contributed by atoms with van der Waals surface area (Å²) < 4.78 is 19.0. The van der Waals surface area contributed by atoms with Crippen molar-refractivity contribution < 1.29 is 23.5 Å². The van der Waals surface area contributed by atoms with E-state index >= 15 is 0 Å². The fraction of sp³-hybridized carbons (Fsp3) is 0.435. The van der Waals surface area contributed by atoms with Gasteiger partial charge in [0.1, 0.15) is 23.2 Å². The summed E-state index contributed by atoms with van der Waals surface area (Å²) in [6, 6.07) is 4.54. The lowest BCUT2D eigenvalue weighted by Gasteiger charge is -2.34. The van der Waals surface area contributed by atoms with Crippen LogP contribution < -0.4 is 15.5 Å². The first-order chi connectivity index (χ1) is 15.9. The van der Waals surface area contributed by atoms with E-state index in [9.17, 15) is 18.8 Å². The second-order valence-corrected chi connectivity index (χ2v) is 8.43. The standard InChI is InChI=1S/C23H26FN5O4/c1-33-21(31)19-17(24)3-2-4-18(19)29-9-5-15(6-10-29)11-27-22(32)23(7-8-23)28-20(30)16-12-25-14-26-13-16/h2-4,12-15H,5-11H2,1H3,(H,27,32)(H,28,30). The van der Waals surface area contributed by atoms with Crippen molar-refractivity contribution in [3.05, 3.63) is 53.9 Å². The SMILES string of the molecule is COC(=O)c1c(F)cccc1N1CCC(CNC(=O)C2(NC(=O)c3cncnc3)CC2)CC1. The summed E-state index contributed by atoms with van der Waals surface area (Å²) in [7, 11) is 1.23. The minimum atomic E-state index is -0.870. The van der Waals surface area contributed by atoms with Gasteiger partial charge in [0.05, 0.1) is 18.4 Å². The predicted octanol–water partition coefficient (Wildman–Crippen LogP) is 1.70. The molecule has 174 valence electrons. The van der Waals surface area contributed by atoms with Gasteiger partial charge in [-0.3, -0.25) is 9.59 Å². The Balaban J connectivity index is 1.29. The van der Waals surface area contributed by atoms with E-state index in [4.69, 9.17) is 4.74 Å². The number of esters is 1. The number of benzene rings is 1. The first-order valence-corrected chi connectivity index (χ1v) is 10.9. The molecular weight excluding hydrogens is 429 g/mol. The Morgan fingerprint density at radius 2 is 1.88 bits per heavy atom. The van der Waals surface area contributed by atoms with E-state index < -0.39 is 17.3 Å². The Hall–Kier alpha value is -3.56. The maximum atomic E-state index is 14.2. The van der Waals surface area contributed by atoms with E-state index in [1.807, 2.05) is 4.90 Å². The van der Waals surface area contributed by atoms with Gasteiger partial charge in [0.2, 0.25) is 5.91 Å². The van der Waals surface area contributed by atoms with Crippen LogP contribution in [0.2, 0.25) is 0 Å². The van der Waals surface area contributed by atoms with Gasteiger partial charge < -0.3 is 20.3 Å². The van der Waals surface area contributed by atoms with E-state index in [0.717, 1.165) is 12.8 Å². The molecule has 0 spiro atoms. The fourth-order valence-electron chi connectivity index (χ4n) is 4.10. The van der Waals surface area contributed by atoms with Gasteiger partial charge in [-0.1, -0.05) is 6.07 Å². The molecule has 33 heavy (non-hydrogen) atoms. The van der Waals surface area contributed by atoms with E-state index in [-0.39, 0.29) is 23.3 Å². The number of methoxy groups -OCH3 is 1. The summed E-state index contributed by atoms with van der Waals surface area (Å²) in [6.45, 7) is 1.75. The molecule has 1 aromatic carbocycles. The normalized spacial score (nSPS) is 17.2. The zero-order valence-electron chi connectivity index (χ0n) is 18.3. The molecule has 2 amide bonds. The largest absolute Gasteiger partial charge is 0.465 e. The van der Waals surface area contributed by atoms with E-state index in [2.05, 4.69) is 20.6 Å². The Labute approximate surface area is 190 Å². The highest BCUT2D eigenvalue weighted by molar-refractivity contribution is 6.00. The number of aromatic nitrogens is 2. The first-order valence-electron chi connectivity index (χ1n) is 10.9. The van der Waals surface area contributed by atoms with Crippen LogP contribution in [0, 0.1) is 11.7 Å². The third-order valence-corrected chi connectivity index (χ3v) is 6.25. The smallest absolute Gasteiger partial charge is 0.342 e. The molecule has 1 saturated carbocycles. The molecule has 2 heterocycles. The second kappa shape index (κ2) is 9.51. The number of piperidine rings is 1. The quantitative estimate of drug-likeness (QED) is 0.611. The summed E-state index contributed by atoms with van der Waals surface area (Å²) in [4.78, 5) is 46.8. The van der Waals surface area contributed by atoms with Gasteiger partial charge in [0.15, 0.2) is 0 Å². The van der Waals surface area contributed by atoms with Crippen LogP contribution >= 0.6 is 0 Å². The molecule has 1 aromatic heterocycles. The molecular formula is C23H26FN5O4. The average molecular weight is 455 g/mol. The van der Waals surface area contributed by atoms with Crippen LogP contribution in [-0.2, 0) is 9.53 Å². The number of nitrogens with one attached hydrogen (secondary N) is 2. The molecule has 0 unspecified atom stereocenters. The number of anilines is 1. The number of hydrogen-bond donors (Lipinski definition) is 2. The lowest BCUT2D eigenvalue weighted by atomic mass is 9.95. The van der Waals surface area contributed by atoms with Crippen molar-refractivity contribution in [1.82, 2.24) is 20.6 Å². The Morgan fingerprint density at radius 3 is 2.52 bits per heavy atom. The Kier molecular flexibility index (Phi) is 6.52. The van der Waals surface area contributed by atoms with Crippen LogP contribution in [0.25, 0.3) is 0 Å². The molecule has 2 aromatic rings. The lowest BCUT2D eigenvalue weighted by Crippen LogP contribution is -2.50. The van der Waals surface area contributed by atoms with Gasteiger partial charge in [0, 0.05) is 32.0 Å². The molecule has 4 rings (SSSR count). The van der Waals surface area contributed by atoms with Crippen LogP contribution in [0.4, 0.5) is 10.1 Å². The van der Waals surface area contributed by atoms with Crippen molar-refractivity contribution in [2.45, 2.75) is 31.2 Å². The highest BCUT2D eigenvalue weighted by atomic mass is 19.1. The Morgan fingerprint density at radius 1 is 1.18 bits per heavy atom. The van der Waals surface area contributed by atoms with Gasteiger partial charge in [-0.2, -0.15) is 0 Å². The van der Waals surface area contributed by atoms with Gasteiger partial charge in [-0.05, 0) is 43.7 Å². The van der Waals surface area contributed by atoms with Crippen molar-refractivity contribution in [2.75, 3.05) is 31.6 Å². The van der Waals surface area contributed by atoms with Gasteiger partial charge in [0.25, 0.3) is 5.91 Å². The molecule has 1 aliphatic heterocycles. The third-order valence-electron chi connectivity index (χ3n) is 6.25. The molecule has 0 radical (unpaired) electrons. The second-order valence-electron chi connectivity index (χ2n) is 8.43. The maximum Gasteiger partial charge on any atom is 0.342 e. The predicted molar refractivity (Wildman–Crippen MR) is 117 cm³/mol. The number of hydrogen-bond acceptors (Lipinski definition) is 7. The minimum Gasteiger partial charge on any atom is -0.465 e. The van der Waals surface area contributed by atoms with Gasteiger partial charge in [-0.15, -0.1) is 0 Å². The summed E-state index contributed by atoms with van der Waals surface area (Å²) in [5, 5.41) is 5.79. The first kappa shape index (κ1) is 22.6. The zero-order chi connectivity index (χ0) is 23.4. The molecule has 9 nitrogen and oxygen atoms in total. The van der Waals surface area contributed by atoms with Crippen LogP contribution in [-0.4, -0.2) is 60.0 Å². The molecule has 1 aliphatic carbocycles. The fourth-order valence-corrected chi connectivity index (χ4v) is 4.10. The average Bonchev–Trinajstić information content (AvgIpc) is 3.63. The number of amides is 2. The van der Waals surface area contributed by atoms with Crippen LogP contribution in [0.3, 0.4) is 0 Å². The highest BCUT2D eigenvalue weighted by Gasteiger charge is 2.51. The van der Waals surface area contributed by atoms with Crippen molar-refractivity contribution in [3.63, 3.8) is 0 Å². The van der Waals surface area contributed by atoms with Crippen molar-refractivity contribution in [1.29, 1.82) is 0 Å².